The first-order chi connectivity index (χ1) is 12.1. The van der Waals surface area contributed by atoms with Crippen LogP contribution in [0.5, 0.6) is 0 Å². The summed E-state index contributed by atoms with van der Waals surface area (Å²) in [5.41, 5.74) is 1.10. The summed E-state index contributed by atoms with van der Waals surface area (Å²) in [5.74, 6) is 0.0452. The van der Waals surface area contributed by atoms with Gasteiger partial charge in [-0.25, -0.2) is 14.2 Å². The molecule has 0 unspecified atom stereocenters. The first-order valence-corrected chi connectivity index (χ1v) is 8.86. The molecule has 6 heteroatoms. The number of hydrogen-bond donors (Lipinski definition) is 1. The van der Waals surface area contributed by atoms with E-state index < -0.39 is 0 Å². The molecule has 2 aromatic rings. The van der Waals surface area contributed by atoms with Gasteiger partial charge in [-0.05, 0) is 37.0 Å². The van der Waals surface area contributed by atoms with Gasteiger partial charge in [0.05, 0.1) is 6.33 Å². The number of imidazole rings is 1. The van der Waals surface area contributed by atoms with Gasteiger partial charge in [0.2, 0.25) is 0 Å². The van der Waals surface area contributed by atoms with E-state index in [1.54, 1.807) is 17.4 Å². The quantitative estimate of drug-likeness (QED) is 0.873. The molecule has 3 rings (SSSR count). The van der Waals surface area contributed by atoms with Crippen LogP contribution in [-0.2, 0) is 6.54 Å². The highest BCUT2D eigenvalue weighted by atomic mass is 19.1. The third-order valence-electron chi connectivity index (χ3n) is 4.94. The maximum Gasteiger partial charge on any atom is 0.317 e. The number of urea groups is 1. The number of rotatable bonds is 6. The summed E-state index contributed by atoms with van der Waals surface area (Å²) in [5, 5.41) is 3.16. The fourth-order valence-electron chi connectivity index (χ4n) is 3.52. The molecule has 0 bridgehead atoms. The van der Waals surface area contributed by atoms with Crippen molar-refractivity contribution < 1.29 is 9.18 Å². The number of benzene rings is 1. The van der Waals surface area contributed by atoms with Gasteiger partial charge in [0.15, 0.2) is 0 Å². The van der Waals surface area contributed by atoms with E-state index in [1.165, 1.54) is 12.1 Å². The van der Waals surface area contributed by atoms with Crippen molar-refractivity contribution in [1.82, 2.24) is 19.8 Å². The maximum atomic E-state index is 13.1. The van der Waals surface area contributed by atoms with Crippen LogP contribution < -0.4 is 5.32 Å². The van der Waals surface area contributed by atoms with Crippen LogP contribution in [0.3, 0.4) is 0 Å². The van der Waals surface area contributed by atoms with Crippen LogP contribution in [0.1, 0.15) is 37.2 Å². The maximum absolute atomic E-state index is 13.1. The zero-order chi connectivity index (χ0) is 17.6. The molecule has 0 aliphatic heterocycles. The molecule has 1 aromatic heterocycles. The molecule has 134 valence electrons. The van der Waals surface area contributed by atoms with E-state index in [-0.39, 0.29) is 23.8 Å². The number of carbonyl (C=O) groups is 1. The van der Waals surface area contributed by atoms with Gasteiger partial charge in [-0.1, -0.05) is 18.6 Å². The highest BCUT2D eigenvalue weighted by molar-refractivity contribution is 5.74. The molecule has 5 nitrogen and oxygen atoms in total. The van der Waals surface area contributed by atoms with Crippen molar-refractivity contribution in [2.75, 3.05) is 13.6 Å². The van der Waals surface area contributed by atoms with Gasteiger partial charge in [0, 0.05) is 44.5 Å². The molecular weight excluding hydrogens is 319 g/mol. The minimum Gasteiger partial charge on any atom is -0.337 e. The third kappa shape index (κ3) is 4.59. The Morgan fingerprint density at radius 3 is 2.88 bits per heavy atom. The second-order valence-electron chi connectivity index (χ2n) is 6.72. The van der Waals surface area contributed by atoms with E-state index in [0.29, 0.717) is 6.54 Å². The van der Waals surface area contributed by atoms with Gasteiger partial charge in [-0.2, -0.15) is 0 Å². The Bertz CT molecular complexity index is 671. The van der Waals surface area contributed by atoms with E-state index >= 15 is 0 Å². The monoisotopic (exact) mass is 344 g/mol. The van der Waals surface area contributed by atoms with Crippen molar-refractivity contribution in [1.29, 1.82) is 0 Å². The Morgan fingerprint density at radius 1 is 1.36 bits per heavy atom. The Balaban J connectivity index is 1.49. The van der Waals surface area contributed by atoms with Crippen molar-refractivity contribution in [3.05, 3.63) is 54.4 Å². The average Bonchev–Trinajstić information content (AvgIpc) is 3.27. The predicted molar refractivity (Wildman–Crippen MR) is 94.8 cm³/mol. The number of amides is 2. The zero-order valence-corrected chi connectivity index (χ0v) is 14.6. The van der Waals surface area contributed by atoms with Crippen LogP contribution >= 0.6 is 0 Å². The van der Waals surface area contributed by atoms with Crippen LogP contribution in [0.15, 0.2) is 43.0 Å². The number of halogens is 1. The summed E-state index contributed by atoms with van der Waals surface area (Å²) >= 11 is 0. The molecule has 2 atom stereocenters. The lowest BCUT2D eigenvalue weighted by Crippen LogP contribution is -2.44. The standard InChI is InChI=1S/C19H25FN4O/c1-23(11-3-12-24-13-10-21-14-24)19(25)22-18-5-2-4-17(18)15-6-8-16(20)9-7-15/h6-10,13-14,17-18H,2-5,11-12H2,1H3,(H,22,25)/t17-,18-/m0/s1. The van der Waals surface area contributed by atoms with Gasteiger partial charge in [-0.15, -0.1) is 0 Å². The van der Waals surface area contributed by atoms with Gasteiger partial charge in [0.1, 0.15) is 5.82 Å². The molecule has 1 aromatic carbocycles. The number of aromatic nitrogens is 2. The van der Waals surface area contributed by atoms with Gasteiger partial charge < -0.3 is 14.8 Å². The number of nitrogens with one attached hydrogen (secondary N) is 1. The van der Waals surface area contributed by atoms with Crippen LogP contribution in [0.2, 0.25) is 0 Å². The molecule has 1 heterocycles. The molecule has 0 saturated heterocycles. The minimum atomic E-state index is -0.222. The summed E-state index contributed by atoms with van der Waals surface area (Å²) in [6.45, 7) is 1.54. The Labute approximate surface area is 147 Å². The summed E-state index contributed by atoms with van der Waals surface area (Å²) in [6.07, 6.45) is 9.42. The Morgan fingerprint density at radius 2 is 2.16 bits per heavy atom. The van der Waals surface area contributed by atoms with Crippen molar-refractivity contribution in [3.8, 4) is 0 Å². The molecule has 2 amide bonds. The first-order valence-electron chi connectivity index (χ1n) is 8.86. The number of aryl methyl sites for hydroxylation is 1. The van der Waals surface area contributed by atoms with E-state index in [4.69, 9.17) is 0 Å². The van der Waals surface area contributed by atoms with Gasteiger partial charge >= 0.3 is 6.03 Å². The van der Waals surface area contributed by atoms with Crippen LogP contribution in [0.4, 0.5) is 9.18 Å². The molecular formula is C19H25FN4O. The Kier molecular flexibility index (Phi) is 5.68. The van der Waals surface area contributed by atoms with E-state index in [9.17, 15) is 9.18 Å². The predicted octanol–water partition coefficient (Wildman–Crippen LogP) is 3.39. The SMILES string of the molecule is CN(CCCn1ccnc1)C(=O)N[C@H]1CCC[C@H]1c1ccc(F)cc1. The van der Waals surface area contributed by atoms with Crippen LogP contribution in [-0.4, -0.2) is 40.1 Å². The average molecular weight is 344 g/mol. The highest BCUT2D eigenvalue weighted by Gasteiger charge is 2.30. The smallest absolute Gasteiger partial charge is 0.317 e. The molecule has 1 fully saturated rings. The number of nitrogens with zero attached hydrogens (tertiary/aromatic N) is 3. The van der Waals surface area contributed by atoms with E-state index in [0.717, 1.165) is 37.8 Å². The van der Waals surface area contributed by atoms with E-state index in [1.807, 2.05) is 29.9 Å². The minimum absolute atomic E-state index is 0.0374. The second-order valence-corrected chi connectivity index (χ2v) is 6.72. The number of carbonyl (C=O) groups excluding carboxylic acids is 1. The molecule has 1 saturated carbocycles. The molecule has 1 aliphatic rings. The molecule has 1 aliphatic carbocycles. The molecule has 25 heavy (non-hydrogen) atoms. The first kappa shape index (κ1) is 17.5. The molecule has 1 N–H and O–H groups in total. The molecule has 0 radical (unpaired) electrons. The summed E-state index contributed by atoms with van der Waals surface area (Å²) in [6, 6.07) is 6.74. The highest BCUT2D eigenvalue weighted by Crippen LogP contribution is 2.34. The fourth-order valence-corrected chi connectivity index (χ4v) is 3.52. The summed E-state index contributed by atoms with van der Waals surface area (Å²) in [7, 11) is 1.82. The Hall–Kier alpha value is -2.37. The van der Waals surface area contributed by atoms with Crippen molar-refractivity contribution in [2.24, 2.45) is 0 Å². The van der Waals surface area contributed by atoms with E-state index in [2.05, 4.69) is 10.3 Å². The van der Waals surface area contributed by atoms with Crippen LogP contribution in [0.25, 0.3) is 0 Å². The largest absolute Gasteiger partial charge is 0.337 e. The zero-order valence-electron chi connectivity index (χ0n) is 14.6. The van der Waals surface area contributed by atoms with Crippen LogP contribution in [0, 0.1) is 5.82 Å². The topological polar surface area (TPSA) is 50.2 Å². The molecule has 0 spiro atoms. The summed E-state index contributed by atoms with van der Waals surface area (Å²) in [4.78, 5) is 18.2. The van der Waals surface area contributed by atoms with Gasteiger partial charge in [-0.3, -0.25) is 0 Å². The lowest BCUT2D eigenvalue weighted by molar-refractivity contribution is 0.202. The van der Waals surface area contributed by atoms with Crippen molar-refractivity contribution >= 4 is 6.03 Å². The third-order valence-corrected chi connectivity index (χ3v) is 4.94. The van der Waals surface area contributed by atoms with Crippen molar-refractivity contribution in [2.45, 2.75) is 44.2 Å². The lowest BCUT2D eigenvalue weighted by atomic mass is 9.94. The normalized spacial score (nSPS) is 19.8. The number of hydrogen-bond acceptors (Lipinski definition) is 2. The second kappa shape index (κ2) is 8.14. The van der Waals surface area contributed by atoms with Gasteiger partial charge in [0.25, 0.3) is 0 Å². The fraction of sp³-hybridized carbons (Fsp3) is 0.474. The summed E-state index contributed by atoms with van der Waals surface area (Å²) < 4.78 is 15.1. The lowest BCUT2D eigenvalue weighted by Gasteiger charge is -2.25. The van der Waals surface area contributed by atoms with Crippen molar-refractivity contribution in [3.63, 3.8) is 0 Å².